The molecule has 2 aliphatic heterocycles. The topological polar surface area (TPSA) is 247 Å². The summed E-state index contributed by atoms with van der Waals surface area (Å²) in [4.78, 5) is 64.3. The van der Waals surface area contributed by atoms with Crippen LogP contribution >= 0.6 is 0 Å². The molecule has 4 amide bonds. The molecule has 1 fully saturated rings. The molecule has 0 radical (unpaired) electrons. The minimum absolute atomic E-state index is 0.111. The van der Waals surface area contributed by atoms with E-state index in [-0.39, 0.29) is 36.2 Å². The lowest BCUT2D eigenvalue weighted by Gasteiger charge is -2.26. The molecule has 0 aliphatic carbocycles. The van der Waals surface area contributed by atoms with Crippen LogP contribution in [-0.2, 0) is 24.4 Å². The van der Waals surface area contributed by atoms with Gasteiger partial charge in [-0.25, -0.2) is 9.97 Å². The maximum atomic E-state index is 13.9. The molecule has 20 nitrogen and oxygen atoms in total. The van der Waals surface area contributed by atoms with Crippen molar-refractivity contribution in [2.24, 2.45) is 11.5 Å². The Morgan fingerprint density at radius 1 is 0.823 bits per heavy atom. The number of allylic oxidation sites excluding steroid dienone is 1. The molecule has 324 valence electrons. The molecular formula is C42H49N13O7. The van der Waals surface area contributed by atoms with Crippen molar-refractivity contribution in [1.29, 1.82) is 0 Å². The van der Waals surface area contributed by atoms with Gasteiger partial charge in [0.15, 0.2) is 0 Å². The van der Waals surface area contributed by atoms with E-state index in [4.69, 9.17) is 35.6 Å². The molecule has 2 aliphatic rings. The molecule has 62 heavy (non-hydrogen) atoms. The van der Waals surface area contributed by atoms with Crippen molar-refractivity contribution in [3.63, 3.8) is 0 Å². The van der Waals surface area contributed by atoms with Crippen molar-refractivity contribution in [2.75, 3.05) is 56.7 Å². The number of nitrogens with one attached hydrogen (secondary N) is 2. The Balaban J connectivity index is 1.16. The summed E-state index contributed by atoms with van der Waals surface area (Å²) in [7, 11) is 0. The monoisotopic (exact) mass is 847 g/mol. The second kappa shape index (κ2) is 17.5. The third-order valence-corrected chi connectivity index (χ3v) is 10.8. The first-order valence-corrected chi connectivity index (χ1v) is 20.6. The van der Waals surface area contributed by atoms with E-state index in [2.05, 4.69) is 25.7 Å². The van der Waals surface area contributed by atoms with Crippen LogP contribution in [-0.4, -0.2) is 113 Å². The number of hydrogen-bond donors (Lipinski definition) is 4. The van der Waals surface area contributed by atoms with Crippen molar-refractivity contribution in [2.45, 2.75) is 59.8 Å². The average Bonchev–Trinajstić information content (AvgIpc) is 4.03. The van der Waals surface area contributed by atoms with Crippen molar-refractivity contribution in [3.8, 4) is 11.5 Å². The number of aromatic nitrogens is 8. The summed E-state index contributed by atoms with van der Waals surface area (Å²) in [5, 5.41) is 14.8. The summed E-state index contributed by atoms with van der Waals surface area (Å²) < 4.78 is 24.9. The van der Waals surface area contributed by atoms with E-state index in [1.54, 1.807) is 50.3 Å². The van der Waals surface area contributed by atoms with Gasteiger partial charge in [0.2, 0.25) is 23.7 Å². The van der Waals surface area contributed by atoms with Crippen molar-refractivity contribution in [1.82, 2.24) is 43.6 Å². The number of aryl methyl sites for hydroxylation is 4. The zero-order valence-electron chi connectivity index (χ0n) is 35.0. The van der Waals surface area contributed by atoms with Gasteiger partial charge in [0.1, 0.15) is 40.5 Å². The van der Waals surface area contributed by atoms with Crippen LogP contribution in [0.25, 0.3) is 22.1 Å². The summed E-state index contributed by atoms with van der Waals surface area (Å²) >= 11 is 0. The van der Waals surface area contributed by atoms with E-state index in [1.165, 1.54) is 0 Å². The molecule has 1 atom stereocenters. The third-order valence-electron chi connectivity index (χ3n) is 10.8. The number of morpholine rings is 1. The summed E-state index contributed by atoms with van der Waals surface area (Å²) in [5.41, 5.74) is 15.8. The number of carbonyl (C=O) groups is 4. The molecule has 20 heteroatoms. The van der Waals surface area contributed by atoms with Gasteiger partial charge in [-0.2, -0.15) is 10.2 Å². The quantitative estimate of drug-likeness (QED) is 0.0809. The minimum Gasteiger partial charge on any atom is -0.491 e. The smallest absolute Gasteiger partial charge is 0.276 e. The molecular weight excluding hydrogens is 799 g/mol. The van der Waals surface area contributed by atoms with Gasteiger partial charge >= 0.3 is 0 Å². The lowest BCUT2D eigenvalue weighted by molar-refractivity contribution is 0.0358. The molecule has 0 bridgehead atoms. The lowest BCUT2D eigenvalue weighted by atomic mass is 10.1. The highest BCUT2D eigenvalue weighted by Gasteiger charge is 2.29. The highest BCUT2D eigenvalue weighted by molar-refractivity contribution is 6.05. The highest BCUT2D eigenvalue weighted by atomic mass is 16.5. The number of nitrogens with two attached hydrogens (primary N) is 2. The molecule has 4 aromatic heterocycles. The van der Waals surface area contributed by atoms with Crippen LogP contribution in [0.1, 0.15) is 79.4 Å². The minimum atomic E-state index is -0.656. The van der Waals surface area contributed by atoms with Crippen molar-refractivity contribution in [3.05, 3.63) is 82.5 Å². The Bertz CT molecular complexity index is 2740. The van der Waals surface area contributed by atoms with Crippen LogP contribution in [0.15, 0.2) is 48.6 Å². The molecule has 2 aromatic carbocycles. The van der Waals surface area contributed by atoms with Gasteiger partial charge in [-0.1, -0.05) is 12.2 Å². The molecule has 1 saturated heterocycles. The Hall–Kier alpha value is -7.06. The number of amides is 4. The fourth-order valence-corrected chi connectivity index (χ4v) is 7.89. The number of carbonyl (C=O) groups excluding carboxylic acids is 4. The molecule has 6 N–H and O–H groups in total. The highest BCUT2D eigenvalue weighted by Crippen LogP contribution is 2.38. The molecule has 6 heterocycles. The van der Waals surface area contributed by atoms with Gasteiger partial charge in [-0.05, 0) is 70.5 Å². The number of rotatable bonds is 16. The first-order chi connectivity index (χ1) is 29.9. The van der Waals surface area contributed by atoms with E-state index in [1.807, 2.05) is 44.4 Å². The predicted octanol–water partition coefficient (Wildman–Crippen LogP) is 3.43. The average molecular weight is 848 g/mol. The number of fused-ring (bicyclic) bond motifs is 1. The zero-order valence-corrected chi connectivity index (χ0v) is 35.0. The van der Waals surface area contributed by atoms with Crippen LogP contribution < -0.4 is 31.6 Å². The predicted molar refractivity (Wildman–Crippen MR) is 229 cm³/mol. The first-order valence-electron chi connectivity index (χ1n) is 20.6. The zero-order chi connectivity index (χ0) is 43.7. The largest absolute Gasteiger partial charge is 0.491 e. The van der Waals surface area contributed by atoms with Gasteiger partial charge in [0.25, 0.3) is 11.8 Å². The van der Waals surface area contributed by atoms with E-state index < -0.39 is 29.7 Å². The van der Waals surface area contributed by atoms with Gasteiger partial charge < -0.3 is 30.2 Å². The molecule has 0 unspecified atom stereocenters. The first kappa shape index (κ1) is 41.7. The number of anilines is 2. The van der Waals surface area contributed by atoms with Crippen molar-refractivity contribution >= 4 is 57.6 Å². The van der Waals surface area contributed by atoms with Crippen LogP contribution in [0.5, 0.6) is 11.5 Å². The van der Waals surface area contributed by atoms with Crippen LogP contribution in [0.4, 0.5) is 11.9 Å². The number of primary amides is 2. The van der Waals surface area contributed by atoms with E-state index in [0.29, 0.717) is 95.7 Å². The summed E-state index contributed by atoms with van der Waals surface area (Å²) in [6, 6.07) is 9.18. The molecule has 0 spiro atoms. The van der Waals surface area contributed by atoms with Crippen LogP contribution in [0, 0.1) is 13.8 Å². The van der Waals surface area contributed by atoms with Gasteiger partial charge in [0, 0.05) is 50.4 Å². The van der Waals surface area contributed by atoms with Gasteiger partial charge in [0.05, 0.1) is 48.3 Å². The number of nitrogens with zero attached hydrogens (tertiary/aromatic N) is 9. The number of hydrogen-bond acceptors (Lipinski definition) is 12. The normalized spacial score (nSPS) is 15.3. The van der Waals surface area contributed by atoms with E-state index in [9.17, 15) is 19.2 Å². The van der Waals surface area contributed by atoms with Crippen LogP contribution in [0.3, 0.4) is 0 Å². The molecule has 8 rings (SSSR count). The Labute approximate surface area is 355 Å². The number of ether oxygens (including phenoxy) is 3. The number of imidazole rings is 2. The fraction of sp³-hybridized carbons (Fsp3) is 0.381. The van der Waals surface area contributed by atoms with Gasteiger partial charge in [-0.15, -0.1) is 0 Å². The second-order valence-electron chi connectivity index (χ2n) is 15.1. The third kappa shape index (κ3) is 8.33. The van der Waals surface area contributed by atoms with Crippen LogP contribution in [0.2, 0.25) is 0 Å². The second-order valence-corrected chi connectivity index (χ2v) is 15.1. The molecule has 6 aromatic rings. The summed E-state index contributed by atoms with van der Waals surface area (Å²) in [6.45, 7) is 12.8. The maximum absolute atomic E-state index is 13.9. The summed E-state index contributed by atoms with van der Waals surface area (Å²) in [5.74, 6) is -0.967. The molecule has 0 saturated carbocycles. The Kier molecular flexibility index (Phi) is 11.8. The van der Waals surface area contributed by atoms with Crippen molar-refractivity contribution < 1.29 is 33.4 Å². The SMILES string of the molecule is CCn1nc(C)cc1C(=O)Nc1nc2cc(C(N)=O)cc(OCCCN3CCOCC3)c2n1C/C=C/[C@H]1COc2cc(C(N)=O)cc3nc(NC(=O)c4cc(C)nn4CC)n1c23. The standard InChI is InChI=1S/C42H49N13O7/c1-5-53-31(17-24(3)49-53)39(58)47-41-45-29-19-26(37(43)56)21-33(61-14-8-10-51-12-15-60-16-13-51)35(29)52(41)11-7-9-28-23-62-34-22-27(38(44)57)20-30-36(34)55(28)42(46-30)48-40(59)32-18-25(4)50-54(32)6-2/h7,9,17-22,28H,5-6,8,10-16,23H2,1-4H3,(H2,43,56)(H2,44,57)(H,45,47,58)(H,46,48,59)/b9-7+/t28-/m0/s1. The van der Waals surface area contributed by atoms with E-state index in [0.717, 1.165) is 19.6 Å². The maximum Gasteiger partial charge on any atom is 0.276 e. The lowest BCUT2D eigenvalue weighted by Crippen LogP contribution is -2.37. The Morgan fingerprint density at radius 3 is 2.05 bits per heavy atom. The van der Waals surface area contributed by atoms with E-state index >= 15 is 0 Å². The van der Waals surface area contributed by atoms with Gasteiger partial charge in [-0.3, -0.25) is 48.6 Å². The summed E-state index contributed by atoms with van der Waals surface area (Å²) in [6.07, 6.45) is 4.49. The Morgan fingerprint density at radius 2 is 1.42 bits per heavy atom. The number of benzene rings is 2. The fourth-order valence-electron chi connectivity index (χ4n) is 7.89.